The first-order valence-corrected chi connectivity index (χ1v) is 8.66. The zero-order valence-corrected chi connectivity index (χ0v) is 15.5. The Labute approximate surface area is 150 Å². The van der Waals surface area contributed by atoms with Crippen molar-refractivity contribution in [2.45, 2.75) is 38.8 Å². The van der Waals surface area contributed by atoms with Gasteiger partial charge in [-0.05, 0) is 51.5 Å². The molecule has 3 N–H and O–H groups in total. The van der Waals surface area contributed by atoms with Gasteiger partial charge in [-0.15, -0.1) is 0 Å². The first-order chi connectivity index (χ1) is 11.2. The number of ether oxygens (including phenoxy) is 1. The highest BCUT2D eigenvalue weighted by Crippen LogP contribution is 2.32. The van der Waals surface area contributed by atoms with E-state index in [0.717, 1.165) is 29.7 Å². The lowest BCUT2D eigenvalue weighted by Gasteiger charge is -2.23. The number of H-pyrrole nitrogens is 2. The molecule has 0 spiro atoms. The van der Waals surface area contributed by atoms with Gasteiger partial charge in [0.05, 0.1) is 27.8 Å². The molecule has 2 heterocycles. The first kappa shape index (κ1) is 17.1. The molecule has 1 unspecified atom stereocenters. The van der Waals surface area contributed by atoms with Crippen LogP contribution in [0.15, 0.2) is 12.1 Å². The van der Waals surface area contributed by atoms with Crippen molar-refractivity contribution in [2.75, 3.05) is 18.0 Å². The summed E-state index contributed by atoms with van der Waals surface area (Å²) in [5, 5.41) is 3.58. The molecule has 6 nitrogen and oxygen atoms in total. The Bertz CT molecular complexity index is 824. The number of benzene rings is 1. The third-order valence-electron chi connectivity index (χ3n) is 3.83. The van der Waals surface area contributed by atoms with Crippen LogP contribution >= 0.6 is 23.8 Å². The van der Waals surface area contributed by atoms with Crippen molar-refractivity contribution in [1.82, 2.24) is 15.3 Å². The van der Waals surface area contributed by atoms with Gasteiger partial charge in [-0.2, -0.15) is 0 Å². The zero-order chi connectivity index (χ0) is 17.5. The fourth-order valence-corrected chi connectivity index (χ4v) is 3.36. The van der Waals surface area contributed by atoms with Crippen molar-refractivity contribution in [3.05, 3.63) is 21.9 Å². The first-order valence-electron chi connectivity index (χ1n) is 7.87. The normalized spacial score (nSPS) is 18.2. The Morgan fingerprint density at radius 3 is 2.71 bits per heavy atom. The molecule has 0 aliphatic carbocycles. The van der Waals surface area contributed by atoms with Crippen LogP contribution < -0.4 is 10.2 Å². The van der Waals surface area contributed by atoms with Crippen molar-refractivity contribution >= 4 is 46.6 Å². The van der Waals surface area contributed by atoms with E-state index in [2.05, 4.69) is 20.2 Å². The van der Waals surface area contributed by atoms with Gasteiger partial charge in [0.2, 0.25) is 0 Å². The SMILES string of the molecule is CC(C)(C)OC(=O)NC1CCN(c2cc3[nH]c(=S)[nH]c3cc2Cl)C1. The number of alkyl carbamates (subject to hydrolysis) is 1. The fraction of sp³-hybridized carbons (Fsp3) is 0.500. The maximum absolute atomic E-state index is 11.9. The molecule has 24 heavy (non-hydrogen) atoms. The van der Waals surface area contributed by atoms with Crippen LogP contribution in [0.3, 0.4) is 0 Å². The molecule has 0 saturated carbocycles. The molecule has 1 aromatic heterocycles. The van der Waals surface area contributed by atoms with E-state index in [0.29, 0.717) is 16.3 Å². The minimum absolute atomic E-state index is 0.0383. The molecule has 3 rings (SSSR count). The third kappa shape index (κ3) is 3.84. The van der Waals surface area contributed by atoms with Gasteiger partial charge in [-0.25, -0.2) is 4.79 Å². The summed E-state index contributed by atoms with van der Waals surface area (Å²) in [6.07, 6.45) is 0.460. The number of amides is 1. The van der Waals surface area contributed by atoms with Crippen LogP contribution in [0.2, 0.25) is 5.02 Å². The predicted molar refractivity (Wildman–Crippen MR) is 98.5 cm³/mol. The summed E-state index contributed by atoms with van der Waals surface area (Å²) in [6.45, 7) is 7.06. The molecular formula is C16H21ClN4O2S. The van der Waals surface area contributed by atoms with E-state index < -0.39 is 5.60 Å². The maximum atomic E-state index is 11.9. The Hall–Kier alpha value is -1.73. The molecule has 1 aliphatic heterocycles. The Morgan fingerprint density at radius 2 is 2.04 bits per heavy atom. The highest BCUT2D eigenvalue weighted by atomic mass is 35.5. The second-order valence-electron chi connectivity index (χ2n) is 7.01. The number of hydrogen-bond acceptors (Lipinski definition) is 4. The van der Waals surface area contributed by atoms with Gasteiger partial charge >= 0.3 is 6.09 Å². The van der Waals surface area contributed by atoms with Gasteiger partial charge in [0, 0.05) is 13.1 Å². The van der Waals surface area contributed by atoms with Crippen LogP contribution in [0.4, 0.5) is 10.5 Å². The molecule has 130 valence electrons. The predicted octanol–water partition coefficient (Wildman–Crippen LogP) is 3.98. The van der Waals surface area contributed by atoms with E-state index in [1.54, 1.807) is 0 Å². The maximum Gasteiger partial charge on any atom is 0.407 e. The topological polar surface area (TPSA) is 73.2 Å². The highest BCUT2D eigenvalue weighted by Gasteiger charge is 2.27. The molecule has 0 bridgehead atoms. The Kier molecular flexibility index (Phi) is 4.48. The summed E-state index contributed by atoms with van der Waals surface area (Å²) in [5.74, 6) is 0. The summed E-state index contributed by atoms with van der Waals surface area (Å²) < 4.78 is 5.88. The summed E-state index contributed by atoms with van der Waals surface area (Å²) in [5.41, 5.74) is 2.24. The molecule has 2 aromatic rings. The van der Waals surface area contributed by atoms with Crippen LogP contribution in [-0.4, -0.2) is 40.8 Å². The van der Waals surface area contributed by atoms with Crippen LogP contribution in [-0.2, 0) is 4.74 Å². The van der Waals surface area contributed by atoms with Gasteiger partial charge in [0.15, 0.2) is 4.77 Å². The lowest BCUT2D eigenvalue weighted by molar-refractivity contribution is 0.0509. The van der Waals surface area contributed by atoms with Crippen molar-refractivity contribution in [3.8, 4) is 0 Å². The van der Waals surface area contributed by atoms with E-state index in [1.807, 2.05) is 32.9 Å². The molecule has 1 fully saturated rings. The summed E-state index contributed by atoms with van der Waals surface area (Å²) in [6, 6.07) is 3.89. The number of carbonyl (C=O) groups is 1. The number of hydrogen-bond donors (Lipinski definition) is 3. The van der Waals surface area contributed by atoms with E-state index in [1.165, 1.54) is 0 Å². The molecule has 1 aliphatic rings. The average molecular weight is 369 g/mol. The molecule has 1 aromatic carbocycles. The molecule has 1 atom stereocenters. The minimum Gasteiger partial charge on any atom is -0.444 e. The Balaban J connectivity index is 1.70. The van der Waals surface area contributed by atoms with Crippen molar-refractivity contribution in [3.63, 3.8) is 0 Å². The number of rotatable bonds is 2. The number of anilines is 1. The minimum atomic E-state index is -0.497. The lowest BCUT2D eigenvalue weighted by atomic mass is 10.2. The molecule has 8 heteroatoms. The van der Waals surface area contributed by atoms with Gasteiger partial charge < -0.3 is 24.9 Å². The van der Waals surface area contributed by atoms with Crippen LogP contribution in [0.1, 0.15) is 27.2 Å². The molecular weight excluding hydrogens is 348 g/mol. The van der Waals surface area contributed by atoms with Gasteiger partial charge in [-0.3, -0.25) is 0 Å². The van der Waals surface area contributed by atoms with Crippen LogP contribution in [0.25, 0.3) is 11.0 Å². The van der Waals surface area contributed by atoms with Crippen molar-refractivity contribution < 1.29 is 9.53 Å². The summed E-state index contributed by atoms with van der Waals surface area (Å²) >= 11 is 11.5. The van der Waals surface area contributed by atoms with Crippen molar-refractivity contribution in [2.24, 2.45) is 0 Å². The fourth-order valence-electron chi connectivity index (χ4n) is 2.86. The molecule has 0 radical (unpaired) electrons. The standard InChI is InChI=1S/C16H21ClN4O2S/c1-16(2,3)23-15(22)18-9-4-5-21(8-9)13-7-12-11(6-10(13)17)19-14(24)20-12/h6-7,9H,4-5,8H2,1-3H3,(H,18,22)(H2,19,20,24). The smallest absolute Gasteiger partial charge is 0.407 e. The quantitative estimate of drug-likeness (QED) is 0.701. The van der Waals surface area contributed by atoms with Gasteiger partial charge in [0.1, 0.15) is 5.60 Å². The summed E-state index contributed by atoms with van der Waals surface area (Å²) in [4.78, 5) is 20.2. The van der Waals surface area contributed by atoms with Crippen molar-refractivity contribution in [1.29, 1.82) is 0 Å². The van der Waals surface area contributed by atoms with Crippen LogP contribution in [0, 0.1) is 4.77 Å². The number of nitrogens with zero attached hydrogens (tertiary/aromatic N) is 1. The van der Waals surface area contributed by atoms with E-state index in [-0.39, 0.29) is 12.1 Å². The highest BCUT2D eigenvalue weighted by molar-refractivity contribution is 7.71. The monoisotopic (exact) mass is 368 g/mol. The van der Waals surface area contributed by atoms with Gasteiger partial charge in [0.25, 0.3) is 0 Å². The molecule has 1 saturated heterocycles. The zero-order valence-electron chi connectivity index (χ0n) is 13.9. The Morgan fingerprint density at radius 1 is 1.38 bits per heavy atom. The van der Waals surface area contributed by atoms with Crippen LogP contribution in [0.5, 0.6) is 0 Å². The third-order valence-corrected chi connectivity index (χ3v) is 4.34. The van der Waals surface area contributed by atoms with E-state index >= 15 is 0 Å². The molecule has 1 amide bonds. The number of halogens is 1. The number of aromatic nitrogens is 2. The summed E-state index contributed by atoms with van der Waals surface area (Å²) in [7, 11) is 0. The lowest BCUT2D eigenvalue weighted by Crippen LogP contribution is -2.40. The second kappa shape index (κ2) is 6.29. The largest absolute Gasteiger partial charge is 0.444 e. The average Bonchev–Trinajstić information content (AvgIpc) is 3.00. The number of nitrogens with one attached hydrogen (secondary N) is 3. The number of carbonyl (C=O) groups excluding carboxylic acids is 1. The van der Waals surface area contributed by atoms with E-state index in [9.17, 15) is 4.79 Å². The second-order valence-corrected chi connectivity index (χ2v) is 7.82. The van der Waals surface area contributed by atoms with E-state index in [4.69, 9.17) is 28.6 Å². The number of aromatic amines is 2. The number of imidazole rings is 1. The van der Waals surface area contributed by atoms with Gasteiger partial charge in [-0.1, -0.05) is 11.6 Å². The number of fused-ring (bicyclic) bond motifs is 1.